The summed E-state index contributed by atoms with van der Waals surface area (Å²) in [4.78, 5) is 10.3. The SMILES string of the molecule is O=C(O)CCCCCNS(=O)(=O)c1ccc(F)cc1. The number of unbranched alkanes of at least 4 members (excludes halogenated alkanes) is 2. The molecule has 1 aromatic carbocycles. The highest BCUT2D eigenvalue weighted by atomic mass is 32.2. The quantitative estimate of drug-likeness (QED) is 0.714. The van der Waals surface area contributed by atoms with Gasteiger partial charge in [0.2, 0.25) is 10.0 Å². The Labute approximate surface area is 111 Å². The van der Waals surface area contributed by atoms with Gasteiger partial charge in [0.05, 0.1) is 4.90 Å². The van der Waals surface area contributed by atoms with Crippen LogP contribution in [-0.4, -0.2) is 26.0 Å². The molecule has 0 aliphatic carbocycles. The van der Waals surface area contributed by atoms with Gasteiger partial charge in [-0.2, -0.15) is 0 Å². The summed E-state index contributed by atoms with van der Waals surface area (Å²) in [6.07, 6.45) is 1.81. The molecule has 1 aromatic rings. The van der Waals surface area contributed by atoms with E-state index < -0.39 is 21.8 Å². The van der Waals surface area contributed by atoms with E-state index in [1.165, 1.54) is 12.1 Å². The van der Waals surface area contributed by atoms with Crippen LogP contribution in [0.4, 0.5) is 4.39 Å². The lowest BCUT2D eigenvalue weighted by molar-refractivity contribution is -0.137. The number of carboxylic acids is 1. The first kappa shape index (κ1) is 15.6. The van der Waals surface area contributed by atoms with E-state index in [0.717, 1.165) is 12.1 Å². The van der Waals surface area contributed by atoms with Crippen molar-refractivity contribution in [2.45, 2.75) is 30.6 Å². The Morgan fingerprint density at radius 2 is 1.79 bits per heavy atom. The first-order valence-corrected chi connectivity index (χ1v) is 7.37. The van der Waals surface area contributed by atoms with Crippen LogP contribution in [0.25, 0.3) is 0 Å². The Morgan fingerprint density at radius 3 is 2.37 bits per heavy atom. The fraction of sp³-hybridized carbons (Fsp3) is 0.417. The Balaban J connectivity index is 2.35. The average Bonchev–Trinajstić information content (AvgIpc) is 2.34. The molecule has 2 N–H and O–H groups in total. The molecule has 0 bridgehead atoms. The van der Waals surface area contributed by atoms with Crippen LogP contribution < -0.4 is 4.72 Å². The summed E-state index contributed by atoms with van der Waals surface area (Å²) < 4.78 is 38.6. The van der Waals surface area contributed by atoms with E-state index in [-0.39, 0.29) is 17.9 Å². The van der Waals surface area contributed by atoms with Gasteiger partial charge >= 0.3 is 5.97 Å². The normalized spacial score (nSPS) is 11.4. The Bertz CT molecular complexity index is 513. The number of sulfonamides is 1. The highest BCUT2D eigenvalue weighted by Gasteiger charge is 2.12. The zero-order chi connectivity index (χ0) is 14.3. The molecular weight excluding hydrogens is 273 g/mol. The maximum atomic E-state index is 12.7. The molecule has 0 saturated heterocycles. The van der Waals surface area contributed by atoms with Crippen molar-refractivity contribution in [1.29, 1.82) is 0 Å². The van der Waals surface area contributed by atoms with Gasteiger partial charge in [0.1, 0.15) is 5.82 Å². The molecule has 0 fully saturated rings. The van der Waals surface area contributed by atoms with E-state index in [0.29, 0.717) is 19.3 Å². The molecule has 0 amide bonds. The van der Waals surface area contributed by atoms with Gasteiger partial charge in [0.25, 0.3) is 0 Å². The Morgan fingerprint density at radius 1 is 1.16 bits per heavy atom. The van der Waals surface area contributed by atoms with Crippen molar-refractivity contribution in [3.63, 3.8) is 0 Å². The summed E-state index contributed by atoms with van der Waals surface area (Å²) in [6, 6.07) is 4.56. The average molecular weight is 289 g/mol. The van der Waals surface area contributed by atoms with Gasteiger partial charge in [-0.25, -0.2) is 17.5 Å². The number of nitrogens with one attached hydrogen (secondary N) is 1. The van der Waals surface area contributed by atoms with Crippen molar-refractivity contribution in [3.8, 4) is 0 Å². The van der Waals surface area contributed by atoms with Crippen molar-refractivity contribution in [1.82, 2.24) is 4.72 Å². The summed E-state index contributed by atoms with van der Waals surface area (Å²) in [5.41, 5.74) is 0. The molecular formula is C12H16FNO4S. The molecule has 0 aliphatic heterocycles. The van der Waals surface area contributed by atoms with E-state index in [1.54, 1.807) is 0 Å². The molecule has 0 heterocycles. The maximum absolute atomic E-state index is 12.7. The van der Waals surface area contributed by atoms with Gasteiger partial charge in [0, 0.05) is 13.0 Å². The van der Waals surface area contributed by atoms with Crippen LogP contribution in [0.3, 0.4) is 0 Å². The molecule has 19 heavy (non-hydrogen) atoms. The lowest BCUT2D eigenvalue weighted by atomic mass is 10.2. The monoisotopic (exact) mass is 289 g/mol. The van der Waals surface area contributed by atoms with Crippen molar-refractivity contribution >= 4 is 16.0 Å². The molecule has 0 aromatic heterocycles. The highest BCUT2D eigenvalue weighted by molar-refractivity contribution is 7.89. The summed E-state index contributed by atoms with van der Waals surface area (Å²) >= 11 is 0. The number of hydrogen-bond donors (Lipinski definition) is 2. The van der Waals surface area contributed by atoms with Gasteiger partial charge in [-0.05, 0) is 37.1 Å². The predicted octanol–water partition coefficient (Wildman–Crippen LogP) is 1.75. The molecule has 5 nitrogen and oxygen atoms in total. The van der Waals surface area contributed by atoms with Crippen LogP contribution in [0.5, 0.6) is 0 Å². The van der Waals surface area contributed by atoms with Gasteiger partial charge in [0.15, 0.2) is 0 Å². The lowest BCUT2D eigenvalue weighted by Crippen LogP contribution is -2.24. The third-order valence-electron chi connectivity index (χ3n) is 2.48. The van der Waals surface area contributed by atoms with Crippen molar-refractivity contribution in [2.24, 2.45) is 0 Å². The molecule has 0 atom stereocenters. The van der Waals surface area contributed by atoms with Gasteiger partial charge in [-0.1, -0.05) is 6.42 Å². The number of carbonyl (C=O) groups is 1. The molecule has 1 rings (SSSR count). The fourth-order valence-electron chi connectivity index (χ4n) is 1.48. The number of aliphatic carboxylic acids is 1. The van der Waals surface area contributed by atoms with Crippen molar-refractivity contribution in [2.75, 3.05) is 6.54 Å². The third kappa shape index (κ3) is 5.80. The zero-order valence-electron chi connectivity index (χ0n) is 10.3. The van der Waals surface area contributed by atoms with Crippen LogP contribution in [0.15, 0.2) is 29.2 Å². The molecule has 7 heteroatoms. The largest absolute Gasteiger partial charge is 0.481 e. The number of rotatable bonds is 8. The summed E-state index contributed by atoms with van der Waals surface area (Å²) in [6.45, 7) is 0.235. The number of hydrogen-bond acceptors (Lipinski definition) is 3. The predicted molar refractivity (Wildman–Crippen MR) is 67.7 cm³/mol. The minimum absolute atomic E-state index is 0.0134. The molecule has 0 saturated carbocycles. The van der Waals surface area contributed by atoms with Crippen LogP contribution in [0.2, 0.25) is 0 Å². The zero-order valence-corrected chi connectivity index (χ0v) is 11.1. The minimum atomic E-state index is -3.61. The van der Waals surface area contributed by atoms with Crippen LogP contribution >= 0.6 is 0 Å². The molecule has 0 spiro atoms. The first-order chi connectivity index (χ1) is 8.92. The topological polar surface area (TPSA) is 83.5 Å². The summed E-state index contributed by atoms with van der Waals surface area (Å²) in [7, 11) is -3.61. The third-order valence-corrected chi connectivity index (χ3v) is 3.96. The first-order valence-electron chi connectivity index (χ1n) is 5.89. The van der Waals surface area contributed by atoms with Gasteiger partial charge < -0.3 is 5.11 Å². The number of carboxylic acid groups (broad SMARTS) is 1. The van der Waals surface area contributed by atoms with Crippen LogP contribution in [0, 0.1) is 5.82 Å². The maximum Gasteiger partial charge on any atom is 0.303 e. The second-order valence-corrected chi connectivity index (χ2v) is 5.82. The van der Waals surface area contributed by atoms with E-state index in [4.69, 9.17) is 5.11 Å². The lowest BCUT2D eigenvalue weighted by Gasteiger charge is -2.06. The van der Waals surface area contributed by atoms with Crippen molar-refractivity contribution in [3.05, 3.63) is 30.1 Å². The smallest absolute Gasteiger partial charge is 0.303 e. The fourth-order valence-corrected chi connectivity index (χ4v) is 2.56. The molecule has 0 radical (unpaired) electrons. The second-order valence-electron chi connectivity index (χ2n) is 4.06. The molecule has 0 aliphatic rings. The summed E-state index contributed by atoms with van der Waals surface area (Å²) in [5, 5.41) is 8.43. The van der Waals surface area contributed by atoms with E-state index in [1.807, 2.05) is 0 Å². The Hall–Kier alpha value is -1.47. The number of halogens is 1. The van der Waals surface area contributed by atoms with Gasteiger partial charge in [-0.15, -0.1) is 0 Å². The number of benzene rings is 1. The molecule has 106 valence electrons. The Kier molecular flexibility index (Phi) is 5.91. The van der Waals surface area contributed by atoms with Gasteiger partial charge in [-0.3, -0.25) is 4.79 Å². The standard InChI is InChI=1S/C12H16FNO4S/c13-10-5-7-11(8-6-10)19(17,18)14-9-3-1-2-4-12(15)16/h5-8,14H,1-4,9H2,(H,15,16). The van der Waals surface area contributed by atoms with Crippen molar-refractivity contribution < 1.29 is 22.7 Å². The van der Waals surface area contributed by atoms with E-state index in [9.17, 15) is 17.6 Å². The summed E-state index contributed by atoms with van der Waals surface area (Å²) in [5.74, 6) is -1.35. The molecule has 0 unspecified atom stereocenters. The second kappa shape index (κ2) is 7.20. The van der Waals surface area contributed by atoms with E-state index in [2.05, 4.69) is 4.72 Å². The van der Waals surface area contributed by atoms with Crippen LogP contribution in [-0.2, 0) is 14.8 Å². The van der Waals surface area contributed by atoms with E-state index >= 15 is 0 Å². The minimum Gasteiger partial charge on any atom is -0.481 e. The van der Waals surface area contributed by atoms with Crippen LogP contribution in [0.1, 0.15) is 25.7 Å². The highest BCUT2D eigenvalue weighted by Crippen LogP contribution is 2.09.